The van der Waals surface area contributed by atoms with Gasteiger partial charge in [-0.25, -0.2) is 18.2 Å². The predicted octanol–water partition coefficient (Wildman–Crippen LogP) is 4.52. The molecule has 0 bridgehead atoms. The number of nitrogens with one attached hydrogen (secondary N) is 1. The van der Waals surface area contributed by atoms with Gasteiger partial charge in [0.25, 0.3) is 0 Å². The van der Waals surface area contributed by atoms with E-state index in [1.54, 1.807) is 24.8 Å². The third-order valence-electron chi connectivity index (χ3n) is 7.28. The van der Waals surface area contributed by atoms with Crippen LogP contribution in [0.2, 0.25) is 0 Å². The number of carbonyl (C=O) groups excluding carboxylic acids is 2. The summed E-state index contributed by atoms with van der Waals surface area (Å²) >= 11 is 2.48. The van der Waals surface area contributed by atoms with Crippen LogP contribution in [-0.2, 0) is 37.4 Å². The number of aliphatic hydroxyl groups is 1. The average molecular weight is 718 g/mol. The molecule has 258 valence electrons. The Morgan fingerprint density at radius 2 is 1.81 bits per heavy atom. The summed E-state index contributed by atoms with van der Waals surface area (Å²) in [6.45, 7) is 3.55. The number of benzene rings is 2. The SMILES string of the molecule is CC(C)CN(C[C@@H](O)[C@H](Cc1ccccc1)NC(=O)OCc1cncs1)S(=O)(=O)c1ccc2nc(N(C)C(=O)CCCC(=O)O)sc2c1. The summed E-state index contributed by atoms with van der Waals surface area (Å²) in [5.74, 6) is -1.37. The largest absolute Gasteiger partial charge is 0.481 e. The third kappa shape index (κ3) is 10.3. The lowest BCUT2D eigenvalue weighted by molar-refractivity contribution is -0.137. The Morgan fingerprint density at radius 3 is 2.48 bits per heavy atom. The number of carbonyl (C=O) groups is 3. The molecule has 0 aliphatic heterocycles. The molecule has 16 heteroatoms. The average Bonchev–Trinajstić information content (AvgIpc) is 3.73. The number of aliphatic carboxylic acids is 1. The minimum Gasteiger partial charge on any atom is -0.481 e. The van der Waals surface area contributed by atoms with E-state index in [2.05, 4.69) is 15.3 Å². The fraction of sp³-hybridized carbons (Fsp3) is 0.406. The molecule has 0 aliphatic rings. The van der Waals surface area contributed by atoms with Crippen LogP contribution < -0.4 is 10.2 Å². The van der Waals surface area contributed by atoms with E-state index in [4.69, 9.17) is 9.84 Å². The van der Waals surface area contributed by atoms with Gasteiger partial charge in [0.15, 0.2) is 5.13 Å². The normalized spacial score (nSPS) is 13.0. The Hall–Kier alpha value is -3.96. The fourth-order valence-electron chi connectivity index (χ4n) is 4.82. The number of aliphatic hydroxyl groups excluding tert-OH is 1. The van der Waals surface area contributed by atoms with E-state index in [0.717, 1.165) is 21.8 Å². The highest BCUT2D eigenvalue weighted by Gasteiger charge is 2.32. The van der Waals surface area contributed by atoms with Crippen LogP contribution in [0, 0.1) is 5.92 Å². The zero-order valence-electron chi connectivity index (χ0n) is 26.8. The van der Waals surface area contributed by atoms with Crippen molar-refractivity contribution in [1.82, 2.24) is 19.6 Å². The molecule has 13 nitrogen and oxygen atoms in total. The van der Waals surface area contributed by atoms with Crippen molar-refractivity contribution in [3.63, 3.8) is 0 Å². The molecule has 0 saturated carbocycles. The van der Waals surface area contributed by atoms with E-state index in [1.807, 2.05) is 44.2 Å². The molecular weight excluding hydrogens is 679 g/mol. The topological polar surface area (TPSA) is 179 Å². The molecule has 0 saturated heterocycles. The van der Waals surface area contributed by atoms with Gasteiger partial charge in [-0.05, 0) is 42.5 Å². The van der Waals surface area contributed by atoms with Gasteiger partial charge in [0.05, 0.1) is 37.6 Å². The summed E-state index contributed by atoms with van der Waals surface area (Å²) in [6, 6.07) is 12.9. The number of hydrogen-bond acceptors (Lipinski definition) is 11. The number of amides is 2. The van der Waals surface area contributed by atoms with Crippen molar-refractivity contribution < 1.29 is 37.8 Å². The van der Waals surface area contributed by atoms with Gasteiger partial charge in [0.1, 0.15) is 6.61 Å². The molecule has 2 aromatic heterocycles. The minimum atomic E-state index is -4.14. The first-order chi connectivity index (χ1) is 22.8. The number of carboxylic acids is 1. The third-order valence-corrected chi connectivity index (χ3v) is 11.0. The van der Waals surface area contributed by atoms with E-state index in [9.17, 15) is 27.9 Å². The second-order valence-corrected chi connectivity index (χ2v) is 15.5. The molecule has 2 atom stereocenters. The van der Waals surface area contributed by atoms with Gasteiger partial charge in [-0.1, -0.05) is 55.5 Å². The van der Waals surface area contributed by atoms with Crippen molar-refractivity contribution in [2.45, 2.75) is 63.2 Å². The van der Waals surface area contributed by atoms with Crippen molar-refractivity contribution in [3.8, 4) is 0 Å². The highest BCUT2D eigenvalue weighted by molar-refractivity contribution is 7.89. The highest BCUT2D eigenvalue weighted by atomic mass is 32.2. The number of ether oxygens (including phenoxy) is 1. The van der Waals surface area contributed by atoms with E-state index >= 15 is 0 Å². The Bertz CT molecular complexity index is 1780. The second-order valence-electron chi connectivity index (χ2n) is 11.6. The quantitative estimate of drug-likeness (QED) is 0.141. The molecule has 0 spiro atoms. The lowest BCUT2D eigenvalue weighted by Crippen LogP contribution is -2.51. The molecule has 4 rings (SSSR count). The standard InChI is InChI=1S/C32H39N5O8S3/c1-21(2)17-37(18-27(38)26(14-22-8-5-4-6-9-22)35-32(42)45-19-23-16-33-20-46-23)48(43,44)24-12-13-25-28(15-24)47-31(34-25)36(3)29(39)10-7-11-30(40)41/h4-6,8-9,12-13,15-16,20-21,26-27,38H,7,10-11,14,17-19H2,1-3H3,(H,35,42)(H,40,41)/t26-,27+/m0/s1. The van der Waals surface area contributed by atoms with Gasteiger partial charge < -0.3 is 20.3 Å². The molecule has 0 aliphatic carbocycles. The van der Waals surface area contributed by atoms with Gasteiger partial charge >= 0.3 is 12.1 Å². The van der Waals surface area contributed by atoms with Gasteiger partial charge in [0, 0.05) is 39.2 Å². The Balaban J connectivity index is 1.53. The summed E-state index contributed by atoms with van der Waals surface area (Å²) in [6.07, 6.45) is -0.120. The minimum absolute atomic E-state index is 0.00888. The monoisotopic (exact) mass is 717 g/mol. The second kappa shape index (κ2) is 16.9. The van der Waals surface area contributed by atoms with E-state index in [0.29, 0.717) is 15.3 Å². The molecule has 3 N–H and O–H groups in total. The first-order valence-corrected chi connectivity index (χ1v) is 18.4. The van der Waals surface area contributed by atoms with Gasteiger partial charge in [-0.3, -0.25) is 19.5 Å². The summed E-state index contributed by atoms with van der Waals surface area (Å²) < 4.78 is 35.2. The number of hydrogen-bond donors (Lipinski definition) is 3. The van der Waals surface area contributed by atoms with Crippen molar-refractivity contribution >= 4 is 66.0 Å². The van der Waals surface area contributed by atoms with Crippen molar-refractivity contribution in [1.29, 1.82) is 0 Å². The lowest BCUT2D eigenvalue weighted by Gasteiger charge is -2.30. The van der Waals surface area contributed by atoms with Gasteiger partial charge in [-0.2, -0.15) is 4.31 Å². The van der Waals surface area contributed by atoms with Crippen molar-refractivity contribution in [2.24, 2.45) is 5.92 Å². The smallest absolute Gasteiger partial charge is 0.407 e. The molecule has 0 fully saturated rings. The predicted molar refractivity (Wildman–Crippen MR) is 183 cm³/mol. The zero-order valence-corrected chi connectivity index (χ0v) is 29.3. The number of thiazole rings is 2. The van der Waals surface area contributed by atoms with Crippen LogP contribution in [0.3, 0.4) is 0 Å². The number of rotatable bonds is 17. The Labute approximate surface area is 287 Å². The first-order valence-electron chi connectivity index (χ1n) is 15.2. The van der Waals surface area contributed by atoms with Crippen LogP contribution in [0.25, 0.3) is 10.2 Å². The van der Waals surface area contributed by atoms with E-state index in [-0.39, 0.29) is 62.1 Å². The van der Waals surface area contributed by atoms with Gasteiger partial charge in [-0.15, -0.1) is 11.3 Å². The van der Waals surface area contributed by atoms with Crippen molar-refractivity contribution in [2.75, 3.05) is 25.0 Å². The fourth-order valence-corrected chi connectivity index (χ4v) is 8.03. The summed E-state index contributed by atoms with van der Waals surface area (Å²) in [5.41, 5.74) is 2.96. The Morgan fingerprint density at radius 1 is 1.06 bits per heavy atom. The number of carboxylic acid groups (broad SMARTS) is 1. The molecule has 48 heavy (non-hydrogen) atoms. The van der Waals surface area contributed by atoms with Crippen LogP contribution >= 0.6 is 22.7 Å². The summed E-state index contributed by atoms with van der Waals surface area (Å²) in [5, 5.41) is 23.4. The number of anilines is 1. The number of fused-ring (bicyclic) bond motifs is 1. The first kappa shape index (κ1) is 36.9. The van der Waals surface area contributed by atoms with Crippen LogP contribution in [0.15, 0.2) is 65.1 Å². The molecule has 0 unspecified atom stereocenters. The number of nitrogens with zero attached hydrogens (tertiary/aromatic N) is 4. The number of sulfonamides is 1. The van der Waals surface area contributed by atoms with Gasteiger partial charge in [0.2, 0.25) is 15.9 Å². The molecule has 4 aromatic rings. The molecular formula is C32H39N5O8S3. The zero-order chi connectivity index (χ0) is 34.8. The maximum Gasteiger partial charge on any atom is 0.407 e. The van der Waals surface area contributed by atoms with Crippen LogP contribution in [0.1, 0.15) is 43.6 Å². The Kier molecular flexibility index (Phi) is 13.0. The molecule has 0 radical (unpaired) electrons. The molecule has 2 heterocycles. The maximum absolute atomic E-state index is 14.1. The van der Waals surface area contributed by atoms with Crippen LogP contribution in [0.5, 0.6) is 0 Å². The van der Waals surface area contributed by atoms with Crippen LogP contribution in [0.4, 0.5) is 9.93 Å². The summed E-state index contributed by atoms with van der Waals surface area (Å²) in [4.78, 5) is 46.7. The van der Waals surface area contributed by atoms with E-state index < -0.39 is 34.2 Å². The lowest BCUT2D eigenvalue weighted by atomic mass is 10.0. The van der Waals surface area contributed by atoms with Crippen molar-refractivity contribution in [3.05, 3.63) is 70.7 Å². The maximum atomic E-state index is 14.1. The summed E-state index contributed by atoms with van der Waals surface area (Å²) in [7, 11) is -2.60. The molecule has 2 aromatic carbocycles. The van der Waals surface area contributed by atoms with Crippen LogP contribution in [-0.4, -0.2) is 83.2 Å². The number of alkyl carbamates (subject to hydrolysis) is 1. The molecule has 2 amide bonds. The highest BCUT2D eigenvalue weighted by Crippen LogP contribution is 2.31. The van der Waals surface area contributed by atoms with E-state index in [1.165, 1.54) is 32.7 Å². The number of aromatic nitrogens is 2.